The molecular weight excluding hydrogens is 288 g/mol. The molecular formula is C19H18N2O2. The second-order valence-electron chi connectivity index (χ2n) is 5.51. The topological polar surface area (TPSA) is 61.7 Å². The van der Waals surface area contributed by atoms with Gasteiger partial charge in [0.1, 0.15) is 11.3 Å². The Labute approximate surface area is 135 Å². The lowest BCUT2D eigenvalue weighted by Crippen LogP contribution is -2.31. The summed E-state index contributed by atoms with van der Waals surface area (Å²) in [5, 5.41) is 13.3. The summed E-state index contributed by atoms with van der Waals surface area (Å²) in [5.41, 5.74) is 2.60. The number of nitrogens with zero attached hydrogens (tertiary/aromatic N) is 1. The maximum absolute atomic E-state index is 12.2. The van der Waals surface area contributed by atoms with Crippen molar-refractivity contribution in [3.63, 3.8) is 0 Å². The van der Waals surface area contributed by atoms with E-state index >= 15 is 0 Å². The third-order valence-electron chi connectivity index (χ3n) is 3.82. The number of benzene rings is 2. The minimum atomic E-state index is -0.402. The van der Waals surface area contributed by atoms with Gasteiger partial charge in [-0.25, -0.2) is 0 Å². The molecule has 4 nitrogen and oxygen atoms in total. The molecule has 3 rings (SSSR count). The van der Waals surface area contributed by atoms with E-state index < -0.39 is 6.04 Å². The molecule has 1 unspecified atom stereocenters. The van der Waals surface area contributed by atoms with Gasteiger partial charge in [0.05, 0.1) is 17.4 Å². The standard InChI is InChI=1S/C19H18N2O2/c1-13(20-15-10-6-3-7-11-15)17-18(22)16(21-19(17)23)12-14-8-4-2-5-9-14/h2-11,16,22H,12H2,1H3,(H,21,23). The van der Waals surface area contributed by atoms with Crippen LogP contribution in [0, 0.1) is 0 Å². The first-order chi connectivity index (χ1) is 11.1. The van der Waals surface area contributed by atoms with Crippen molar-refractivity contribution in [3.8, 4) is 0 Å². The molecule has 0 spiro atoms. The molecule has 0 aromatic heterocycles. The van der Waals surface area contributed by atoms with E-state index in [9.17, 15) is 9.90 Å². The van der Waals surface area contributed by atoms with Crippen molar-refractivity contribution in [2.24, 2.45) is 4.99 Å². The molecule has 2 N–H and O–H groups in total. The van der Waals surface area contributed by atoms with E-state index in [1.807, 2.05) is 60.7 Å². The Morgan fingerprint density at radius 1 is 1.09 bits per heavy atom. The van der Waals surface area contributed by atoms with Crippen molar-refractivity contribution < 1.29 is 9.90 Å². The largest absolute Gasteiger partial charge is 0.509 e. The van der Waals surface area contributed by atoms with Crippen LogP contribution < -0.4 is 5.32 Å². The number of aliphatic hydroxyl groups is 1. The van der Waals surface area contributed by atoms with Crippen LogP contribution in [0.5, 0.6) is 0 Å². The first kappa shape index (κ1) is 15.0. The Hall–Kier alpha value is -2.88. The van der Waals surface area contributed by atoms with E-state index in [1.54, 1.807) is 6.92 Å². The van der Waals surface area contributed by atoms with Crippen molar-refractivity contribution in [1.29, 1.82) is 0 Å². The highest BCUT2D eigenvalue weighted by molar-refractivity contribution is 6.23. The fourth-order valence-corrected chi connectivity index (χ4v) is 2.69. The third-order valence-corrected chi connectivity index (χ3v) is 3.82. The fraction of sp³-hybridized carbons (Fsp3) is 0.158. The van der Waals surface area contributed by atoms with Crippen LogP contribution >= 0.6 is 0 Å². The summed E-state index contributed by atoms with van der Waals surface area (Å²) < 4.78 is 0. The number of nitrogens with one attached hydrogen (secondary N) is 1. The number of rotatable bonds is 4. The Kier molecular flexibility index (Phi) is 4.24. The van der Waals surface area contributed by atoms with Gasteiger partial charge >= 0.3 is 0 Å². The normalized spacial score (nSPS) is 18.2. The van der Waals surface area contributed by atoms with E-state index in [4.69, 9.17) is 0 Å². The summed E-state index contributed by atoms with van der Waals surface area (Å²) in [6.45, 7) is 1.74. The minimum absolute atomic E-state index is 0.0658. The molecule has 0 fully saturated rings. The lowest BCUT2D eigenvalue weighted by atomic mass is 10.0. The SMILES string of the molecule is CC(=Nc1ccccc1)C1=C(O)C(Cc2ccccc2)NC1=O. The molecule has 1 amide bonds. The van der Waals surface area contributed by atoms with Gasteiger partial charge in [-0.2, -0.15) is 0 Å². The predicted octanol–water partition coefficient (Wildman–Crippen LogP) is 3.33. The number of hydrogen-bond acceptors (Lipinski definition) is 3. The minimum Gasteiger partial charge on any atom is -0.509 e. The molecule has 1 heterocycles. The van der Waals surface area contributed by atoms with Crippen molar-refractivity contribution in [2.45, 2.75) is 19.4 Å². The number of carbonyl (C=O) groups is 1. The maximum atomic E-state index is 12.2. The van der Waals surface area contributed by atoms with E-state index in [1.165, 1.54) is 0 Å². The van der Waals surface area contributed by atoms with E-state index in [-0.39, 0.29) is 17.2 Å². The highest BCUT2D eigenvalue weighted by Gasteiger charge is 2.33. The Balaban J connectivity index is 1.86. The van der Waals surface area contributed by atoms with Gasteiger partial charge in [0.2, 0.25) is 0 Å². The highest BCUT2D eigenvalue weighted by atomic mass is 16.3. The number of para-hydroxylation sites is 1. The van der Waals surface area contributed by atoms with Crippen LogP contribution in [0.25, 0.3) is 0 Å². The molecule has 0 aliphatic carbocycles. The van der Waals surface area contributed by atoms with Crippen LogP contribution in [0.4, 0.5) is 5.69 Å². The lowest BCUT2D eigenvalue weighted by Gasteiger charge is -2.10. The number of aliphatic imine (C=N–C) groups is 1. The molecule has 0 radical (unpaired) electrons. The van der Waals surface area contributed by atoms with Crippen LogP contribution in [0.3, 0.4) is 0 Å². The van der Waals surface area contributed by atoms with E-state index in [0.29, 0.717) is 12.1 Å². The quantitative estimate of drug-likeness (QED) is 0.851. The molecule has 2 aromatic carbocycles. The second kappa shape index (κ2) is 6.48. The molecule has 0 bridgehead atoms. The summed E-state index contributed by atoms with van der Waals surface area (Å²) in [7, 11) is 0. The van der Waals surface area contributed by atoms with Gasteiger partial charge in [0.15, 0.2) is 0 Å². The van der Waals surface area contributed by atoms with Crippen molar-refractivity contribution in [2.75, 3.05) is 0 Å². The molecule has 1 aliphatic heterocycles. The lowest BCUT2D eigenvalue weighted by molar-refractivity contribution is -0.116. The van der Waals surface area contributed by atoms with Gasteiger partial charge in [0, 0.05) is 0 Å². The van der Waals surface area contributed by atoms with Crippen LogP contribution in [0.15, 0.2) is 77.0 Å². The van der Waals surface area contributed by atoms with Crippen LogP contribution in [-0.4, -0.2) is 22.8 Å². The summed E-state index contributed by atoms with van der Waals surface area (Å²) in [5.74, 6) is -0.211. The summed E-state index contributed by atoms with van der Waals surface area (Å²) >= 11 is 0. The Bertz CT molecular complexity index is 764. The van der Waals surface area contributed by atoms with Gasteiger partial charge in [0.25, 0.3) is 5.91 Å². The first-order valence-electron chi connectivity index (χ1n) is 7.54. The highest BCUT2D eigenvalue weighted by Crippen LogP contribution is 2.22. The number of carbonyl (C=O) groups excluding carboxylic acids is 1. The average molecular weight is 306 g/mol. The molecule has 4 heteroatoms. The van der Waals surface area contributed by atoms with Gasteiger partial charge in [-0.3, -0.25) is 9.79 Å². The zero-order valence-corrected chi connectivity index (χ0v) is 12.9. The van der Waals surface area contributed by atoms with Gasteiger partial charge in [-0.1, -0.05) is 48.5 Å². The van der Waals surface area contributed by atoms with Crippen LogP contribution in [0.2, 0.25) is 0 Å². The maximum Gasteiger partial charge on any atom is 0.257 e. The Morgan fingerprint density at radius 2 is 1.70 bits per heavy atom. The van der Waals surface area contributed by atoms with Gasteiger partial charge in [-0.15, -0.1) is 0 Å². The number of hydrogen-bond donors (Lipinski definition) is 2. The fourth-order valence-electron chi connectivity index (χ4n) is 2.69. The molecule has 0 saturated heterocycles. The molecule has 1 atom stereocenters. The van der Waals surface area contributed by atoms with E-state index in [2.05, 4.69) is 10.3 Å². The number of amides is 1. The number of aliphatic hydroxyl groups excluding tert-OH is 1. The summed E-state index contributed by atoms with van der Waals surface area (Å²) in [6, 6.07) is 18.8. The monoisotopic (exact) mass is 306 g/mol. The molecule has 2 aromatic rings. The zero-order valence-electron chi connectivity index (χ0n) is 12.9. The summed E-state index contributed by atoms with van der Waals surface area (Å²) in [6.07, 6.45) is 0.556. The van der Waals surface area contributed by atoms with Crippen LogP contribution in [0.1, 0.15) is 12.5 Å². The van der Waals surface area contributed by atoms with Crippen molar-refractivity contribution in [1.82, 2.24) is 5.32 Å². The van der Waals surface area contributed by atoms with Gasteiger partial charge in [-0.05, 0) is 31.0 Å². The second-order valence-corrected chi connectivity index (χ2v) is 5.51. The summed E-state index contributed by atoms with van der Waals surface area (Å²) in [4.78, 5) is 16.6. The van der Waals surface area contributed by atoms with E-state index in [0.717, 1.165) is 11.3 Å². The third kappa shape index (κ3) is 3.31. The van der Waals surface area contributed by atoms with Gasteiger partial charge < -0.3 is 10.4 Å². The molecule has 0 saturated carbocycles. The van der Waals surface area contributed by atoms with Crippen LogP contribution in [-0.2, 0) is 11.2 Å². The van der Waals surface area contributed by atoms with Crippen molar-refractivity contribution in [3.05, 3.63) is 77.6 Å². The van der Waals surface area contributed by atoms with Crippen molar-refractivity contribution >= 4 is 17.3 Å². The first-order valence-corrected chi connectivity index (χ1v) is 7.54. The smallest absolute Gasteiger partial charge is 0.257 e. The zero-order chi connectivity index (χ0) is 16.2. The Morgan fingerprint density at radius 3 is 2.35 bits per heavy atom. The average Bonchev–Trinajstić information content (AvgIpc) is 2.83. The molecule has 23 heavy (non-hydrogen) atoms. The molecule has 1 aliphatic rings. The molecule has 116 valence electrons. The predicted molar refractivity (Wildman–Crippen MR) is 90.9 cm³/mol.